The third-order valence-corrected chi connectivity index (χ3v) is 4.87. The molecule has 0 unspecified atom stereocenters. The molecule has 3 rings (SSSR count). The highest BCUT2D eigenvalue weighted by Gasteiger charge is 2.25. The summed E-state index contributed by atoms with van der Waals surface area (Å²) in [6, 6.07) is 9.55. The molecule has 6 nitrogen and oxygen atoms in total. The third-order valence-electron chi connectivity index (χ3n) is 4.87. The Morgan fingerprint density at radius 2 is 1.67 bits per heavy atom. The van der Waals surface area contributed by atoms with Gasteiger partial charge in [-0.2, -0.15) is 8.78 Å². The number of hydrogen-bond donors (Lipinski definition) is 0. The molecule has 0 saturated carbocycles. The highest BCUT2D eigenvalue weighted by molar-refractivity contribution is 5.97. The lowest BCUT2D eigenvalue weighted by Gasteiger charge is -2.28. The van der Waals surface area contributed by atoms with Crippen LogP contribution in [0, 0.1) is 0 Å². The van der Waals surface area contributed by atoms with Gasteiger partial charge in [-0.25, -0.2) is 0 Å². The van der Waals surface area contributed by atoms with Crippen molar-refractivity contribution in [3.05, 3.63) is 53.6 Å². The first-order chi connectivity index (χ1) is 14.5. The van der Waals surface area contributed by atoms with Gasteiger partial charge in [0.05, 0.1) is 32.5 Å². The van der Waals surface area contributed by atoms with E-state index in [-0.39, 0.29) is 17.2 Å². The summed E-state index contributed by atoms with van der Waals surface area (Å²) < 4.78 is 46.1. The van der Waals surface area contributed by atoms with Gasteiger partial charge >= 0.3 is 6.61 Å². The van der Waals surface area contributed by atoms with E-state index in [1.165, 1.54) is 12.1 Å². The summed E-state index contributed by atoms with van der Waals surface area (Å²) in [4.78, 5) is 14.5. The molecular weight excluding hydrogens is 396 g/mol. The quantitative estimate of drug-likeness (QED) is 0.672. The van der Waals surface area contributed by atoms with Crippen molar-refractivity contribution >= 4 is 11.5 Å². The molecule has 0 fully saturated rings. The lowest BCUT2D eigenvalue weighted by atomic mass is 9.96. The predicted octanol–water partition coefficient (Wildman–Crippen LogP) is 4.24. The van der Waals surface area contributed by atoms with Gasteiger partial charge in [0.15, 0.2) is 0 Å². The molecule has 1 aliphatic heterocycles. The molecule has 1 heterocycles. The molecule has 1 amide bonds. The summed E-state index contributed by atoms with van der Waals surface area (Å²) in [6.07, 6.45) is 2.45. The first-order valence-electron chi connectivity index (χ1n) is 9.31. The molecule has 0 spiro atoms. The van der Waals surface area contributed by atoms with Crippen molar-refractivity contribution in [2.75, 3.05) is 34.4 Å². The van der Waals surface area contributed by atoms with E-state index in [9.17, 15) is 13.6 Å². The summed E-state index contributed by atoms with van der Waals surface area (Å²) in [5.41, 5.74) is 1.87. The van der Waals surface area contributed by atoms with Crippen LogP contribution in [0.2, 0.25) is 0 Å². The minimum atomic E-state index is -3.00. The molecule has 30 heavy (non-hydrogen) atoms. The van der Waals surface area contributed by atoms with Gasteiger partial charge < -0.3 is 23.8 Å². The zero-order chi connectivity index (χ0) is 21.7. The summed E-state index contributed by atoms with van der Waals surface area (Å²) in [6.45, 7) is -2.27. The van der Waals surface area contributed by atoms with E-state index in [4.69, 9.17) is 14.2 Å². The van der Waals surface area contributed by atoms with Crippen LogP contribution in [0.25, 0.3) is 5.57 Å². The smallest absolute Gasteiger partial charge is 0.387 e. The monoisotopic (exact) mass is 419 g/mol. The maximum Gasteiger partial charge on any atom is 0.387 e. The minimum absolute atomic E-state index is 0.106. The van der Waals surface area contributed by atoms with Crippen LogP contribution < -0.4 is 18.9 Å². The fraction of sp³-hybridized carbons (Fsp3) is 0.318. The Labute approximate surface area is 173 Å². The van der Waals surface area contributed by atoms with Crippen molar-refractivity contribution in [3.63, 3.8) is 0 Å². The zero-order valence-corrected chi connectivity index (χ0v) is 17.0. The summed E-state index contributed by atoms with van der Waals surface area (Å²) in [7, 11) is 4.70. The number of amides is 1. The van der Waals surface area contributed by atoms with Crippen molar-refractivity contribution in [2.24, 2.45) is 0 Å². The van der Waals surface area contributed by atoms with Gasteiger partial charge in [0.1, 0.15) is 23.0 Å². The third kappa shape index (κ3) is 4.48. The van der Waals surface area contributed by atoms with Gasteiger partial charge in [-0.05, 0) is 24.1 Å². The topological polar surface area (TPSA) is 57.2 Å². The molecular formula is C22H23F2NO5. The average Bonchev–Trinajstić information content (AvgIpc) is 2.77. The van der Waals surface area contributed by atoms with Gasteiger partial charge in [-0.1, -0.05) is 18.2 Å². The standard InChI is InChI=1S/C22H23F2NO5/c1-27-15-12-18(28-2)20(19(13-15)29-3)14-8-10-25(11-9-14)21(26)16-6-4-5-7-17(16)30-22(23)24/h4-8,12-13,22H,9-11H2,1-3H3. The van der Waals surface area contributed by atoms with Gasteiger partial charge in [-0.3, -0.25) is 4.79 Å². The fourth-order valence-electron chi connectivity index (χ4n) is 3.42. The number of nitrogens with zero attached hydrogens (tertiary/aromatic N) is 1. The minimum Gasteiger partial charge on any atom is -0.496 e. The molecule has 160 valence electrons. The molecule has 1 aliphatic rings. The Bertz CT molecular complexity index is 920. The maximum absolute atomic E-state index is 12.9. The summed E-state index contributed by atoms with van der Waals surface area (Å²) in [5, 5.41) is 0. The Hall–Kier alpha value is -3.29. The molecule has 0 bridgehead atoms. The second kappa shape index (κ2) is 9.47. The van der Waals surface area contributed by atoms with Crippen molar-refractivity contribution in [1.82, 2.24) is 4.90 Å². The second-order valence-corrected chi connectivity index (χ2v) is 6.51. The Kier molecular flexibility index (Phi) is 6.76. The van der Waals surface area contributed by atoms with Crippen LogP contribution in [0.3, 0.4) is 0 Å². The van der Waals surface area contributed by atoms with E-state index >= 15 is 0 Å². The van der Waals surface area contributed by atoms with Crippen molar-refractivity contribution in [3.8, 4) is 23.0 Å². The molecule has 0 atom stereocenters. The molecule has 0 radical (unpaired) electrons. The van der Waals surface area contributed by atoms with Crippen LogP contribution in [0.1, 0.15) is 22.3 Å². The first kappa shape index (κ1) is 21.4. The normalized spacial score (nSPS) is 13.7. The SMILES string of the molecule is COc1cc(OC)c(C2=CCN(C(=O)c3ccccc3OC(F)F)CC2)c(OC)c1. The van der Waals surface area contributed by atoms with Gasteiger partial charge in [0.25, 0.3) is 5.91 Å². The van der Waals surface area contributed by atoms with Crippen LogP contribution in [0.4, 0.5) is 8.78 Å². The van der Waals surface area contributed by atoms with Crippen LogP contribution in [-0.4, -0.2) is 51.8 Å². The molecule has 0 N–H and O–H groups in total. The first-order valence-corrected chi connectivity index (χ1v) is 9.31. The van der Waals surface area contributed by atoms with E-state index in [1.54, 1.807) is 50.5 Å². The zero-order valence-electron chi connectivity index (χ0n) is 17.0. The molecule has 8 heteroatoms. The van der Waals surface area contributed by atoms with Crippen LogP contribution in [0.15, 0.2) is 42.5 Å². The van der Waals surface area contributed by atoms with Crippen LogP contribution >= 0.6 is 0 Å². The number of ether oxygens (including phenoxy) is 4. The Morgan fingerprint density at radius 3 is 2.20 bits per heavy atom. The van der Waals surface area contributed by atoms with Gasteiger partial charge in [0, 0.05) is 25.2 Å². The van der Waals surface area contributed by atoms with Crippen molar-refractivity contribution < 1.29 is 32.5 Å². The lowest BCUT2D eigenvalue weighted by Crippen LogP contribution is -2.35. The predicted molar refractivity (Wildman–Crippen MR) is 108 cm³/mol. The number of halogens is 2. The molecule has 0 saturated heterocycles. The van der Waals surface area contributed by atoms with E-state index in [0.717, 1.165) is 11.1 Å². The number of alkyl halides is 2. The van der Waals surface area contributed by atoms with Crippen LogP contribution in [-0.2, 0) is 0 Å². The Balaban J connectivity index is 1.85. The van der Waals surface area contributed by atoms with Gasteiger partial charge in [0.2, 0.25) is 0 Å². The molecule has 0 aromatic heterocycles. The number of benzene rings is 2. The number of carbonyl (C=O) groups is 1. The van der Waals surface area contributed by atoms with E-state index < -0.39 is 6.61 Å². The lowest BCUT2D eigenvalue weighted by molar-refractivity contribution is -0.0502. The Morgan fingerprint density at radius 1 is 1.00 bits per heavy atom. The highest BCUT2D eigenvalue weighted by atomic mass is 19.3. The van der Waals surface area contributed by atoms with E-state index in [2.05, 4.69) is 4.74 Å². The number of hydrogen-bond acceptors (Lipinski definition) is 5. The largest absolute Gasteiger partial charge is 0.496 e. The second-order valence-electron chi connectivity index (χ2n) is 6.51. The molecule has 0 aliphatic carbocycles. The van der Waals surface area contributed by atoms with Crippen molar-refractivity contribution in [1.29, 1.82) is 0 Å². The molecule has 2 aromatic carbocycles. The van der Waals surface area contributed by atoms with Crippen molar-refractivity contribution in [2.45, 2.75) is 13.0 Å². The van der Waals surface area contributed by atoms with Crippen LogP contribution in [0.5, 0.6) is 23.0 Å². The fourth-order valence-corrected chi connectivity index (χ4v) is 3.42. The summed E-state index contributed by atoms with van der Waals surface area (Å²) in [5.74, 6) is 1.32. The number of rotatable bonds is 7. The number of para-hydroxylation sites is 1. The maximum atomic E-state index is 12.9. The molecule has 2 aromatic rings. The average molecular weight is 419 g/mol. The summed E-state index contributed by atoms with van der Waals surface area (Å²) >= 11 is 0. The van der Waals surface area contributed by atoms with Gasteiger partial charge in [-0.15, -0.1) is 0 Å². The highest BCUT2D eigenvalue weighted by Crippen LogP contribution is 2.41. The van der Waals surface area contributed by atoms with E-state index in [1.807, 2.05) is 6.08 Å². The van der Waals surface area contributed by atoms with E-state index in [0.29, 0.717) is 36.8 Å². The number of methoxy groups -OCH3 is 3. The number of carbonyl (C=O) groups excluding carboxylic acids is 1.